The molecule has 0 saturated carbocycles. The van der Waals surface area contributed by atoms with Gasteiger partial charge in [-0.2, -0.15) is 9.78 Å². The standard InChI is InChI=1S/C36H26BrN3O4/c1-2-42-33-18-23(14-16-32(33)43-22-25-10-7-9-24-8-3-4-11-28(24)25)21-38-40-35(39-30-13-6-5-12-29(30)36(40)41)34-20-26-19-27(37)15-17-31(26)44-34/h3-21H,2,22H2,1H3. The third-order valence-electron chi connectivity index (χ3n) is 7.31. The smallest absolute Gasteiger partial charge is 0.282 e. The van der Waals surface area contributed by atoms with E-state index in [1.807, 2.05) is 79.7 Å². The Bertz CT molecular complexity index is 2250. The number of ether oxygens (including phenoxy) is 2. The first-order valence-electron chi connectivity index (χ1n) is 14.2. The summed E-state index contributed by atoms with van der Waals surface area (Å²) in [4.78, 5) is 18.4. The van der Waals surface area contributed by atoms with Gasteiger partial charge in [0.15, 0.2) is 17.3 Å². The van der Waals surface area contributed by atoms with Crippen LogP contribution in [0.4, 0.5) is 0 Å². The van der Waals surface area contributed by atoms with Crippen LogP contribution < -0.4 is 15.0 Å². The zero-order valence-corrected chi connectivity index (χ0v) is 25.3. The fourth-order valence-corrected chi connectivity index (χ4v) is 5.58. The van der Waals surface area contributed by atoms with Gasteiger partial charge < -0.3 is 13.9 Å². The molecule has 0 bridgehead atoms. The maximum absolute atomic E-state index is 13.7. The van der Waals surface area contributed by atoms with E-state index in [4.69, 9.17) is 18.9 Å². The van der Waals surface area contributed by atoms with E-state index in [0.717, 1.165) is 26.4 Å². The van der Waals surface area contributed by atoms with Gasteiger partial charge in [-0.25, -0.2) is 4.98 Å². The highest BCUT2D eigenvalue weighted by atomic mass is 79.9. The lowest BCUT2D eigenvalue weighted by atomic mass is 10.1. The van der Waals surface area contributed by atoms with Crippen molar-refractivity contribution >= 4 is 54.8 Å². The van der Waals surface area contributed by atoms with Gasteiger partial charge in [-0.1, -0.05) is 70.5 Å². The van der Waals surface area contributed by atoms with E-state index < -0.39 is 0 Å². The topological polar surface area (TPSA) is 78.9 Å². The van der Waals surface area contributed by atoms with Crippen LogP contribution in [-0.4, -0.2) is 22.5 Å². The van der Waals surface area contributed by atoms with Gasteiger partial charge in [0.25, 0.3) is 5.56 Å². The number of aromatic nitrogens is 2. The molecular weight excluding hydrogens is 618 g/mol. The second kappa shape index (κ2) is 11.8. The van der Waals surface area contributed by atoms with Gasteiger partial charge in [-0.3, -0.25) is 4.79 Å². The second-order valence-electron chi connectivity index (χ2n) is 10.2. The molecule has 0 atom stereocenters. The summed E-state index contributed by atoms with van der Waals surface area (Å²) in [5.41, 5.74) is 2.76. The second-order valence-corrected chi connectivity index (χ2v) is 11.1. The molecule has 0 N–H and O–H groups in total. The first-order chi connectivity index (χ1) is 21.6. The molecule has 2 heterocycles. The van der Waals surface area contributed by atoms with Crippen LogP contribution in [0.2, 0.25) is 0 Å². The van der Waals surface area contributed by atoms with Crippen molar-refractivity contribution in [3.63, 3.8) is 0 Å². The molecule has 0 aliphatic heterocycles. The molecule has 7 nitrogen and oxygen atoms in total. The van der Waals surface area contributed by atoms with Crippen LogP contribution >= 0.6 is 15.9 Å². The molecule has 0 unspecified atom stereocenters. The van der Waals surface area contributed by atoms with E-state index in [1.165, 1.54) is 10.1 Å². The molecule has 5 aromatic carbocycles. The third kappa shape index (κ3) is 5.36. The molecule has 0 aliphatic carbocycles. The van der Waals surface area contributed by atoms with E-state index in [0.29, 0.717) is 52.8 Å². The number of benzene rings is 5. The highest BCUT2D eigenvalue weighted by molar-refractivity contribution is 9.10. The number of para-hydroxylation sites is 1. The molecule has 0 saturated heterocycles. The minimum absolute atomic E-state index is 0.302. The Morgan fingerprint density at radius 3 is 2.55 bits per heavy atom. The highest BCUT2D eigenvalue weighted by Crippen LogP contribution is 2.31. The number of rotatable bonds is 8. The Morgan fingerprint density at radius 2 is 1.66 bits per heavy atom. The van der Waals surface area contributed by atoms with Crippen molar-refractivity contribution in [2.24, 2.45) is 5.10 Å². The zero-order chi connectivity index (χ0) is 30.0. The minimum Gasteiger partial charge on any atom is -0.490 e. The highest BCUT2D eigenvalue weighted by Gasteiger charge is 2.17. The van der Waals surface area contributed by atoms with E-state index >= 15 is 0 Å². The van der Waals surface area contributed by atoms with Gasteiger partial charge >= 0.3 is 0 Å². The molecule has 2 aromatic heterocycles. The number of furan rings is 1. The Balaban J connectivity index is 1.24. The normalized spacial score (nSPS) is 11.6. The quantitative estimate of drug-likeness (QED) is 0.155. The number of halogens is 1. The summed E-state index contributed by atoms with van der Waals surface area (Å²) in [6, 6.07) is 34.8. The molecule has 216 valence electrons. The molecule has 0 aliphatic rings. The third-order valence-corrected chi connectivity index (χ3v) is 7.80. The molecule has 0 radical (unpaired) electrons. The van der Waals surface area contributed by atoms with E-state index in [1.54, 1.807) is 18.3 Å². The number of nitrogens with zero attached hydrogens (tertiary/aromatic N) is 3. The summed E-state index contributed by atoms with van der Waals surface area (Å²) in [5.74, 6) is 1.95. The Kier molecular flexibility index (Phi) is 7.42. The first kappa shape index (κ1) is 27.6. The Hall–Kier alpha value is -5.21. The fraction of sp³-hybridized carbons (Fsp3) is 0.0833. The van der Waals surface area contributed by atoms with E-state index in [2.05, 4.69) is 45.3 Å². The SMILES string of the molecule is CCOc1cc(C=Nn2c(-c3cc4cc(Br)ccc4o3)nc3ccccc3c2=O)ccc1OCc1cccc2ccccc12. The van der Waals surface area contributed by atoms with Gasteiger partial charge in [0.05, 0.1) is 23.7 Å². The summed E-state index contributed by atoms with van der Waals surface area (Å²) >= 11 is 3.51. The van der Waals surface area contributed by atoms with Crippen LogP contribution in [0, 0.1) is 0 Å². The summed E-state index contributed by atoms with van der Waals surface area (Å²) in [6.07, 6.45) is 1.61. The number of fused-ring (bicyclic) bond motifs is 3. The zero-order valence-electron chi connectivity index (χ0n) is 23.7. The molecule has 8 heteroatoms. The average molecular weight is 645 g/mol. The number of hydrogen-bond donors (Lipinski definition) is 0. The van der Waals surface area contributed by atoms with Crippen LogP contribution in [0.5, 0.6) is 11.5 Å². The van der Waals surface area contributed by atoms with Crippen LogP contribution in [0.25, 0.3) is 44.2 Å². The summed E-state index contributed by atoms with van der Waals surface area (Å²) in [5, 5.41) is 8.26. The molecule has 7 aromatic rings. The largest absolute Gasteiger partial charge is 0.490 e. The van der Waals surface area contributed by atoms with Gasteiger partial charge in [0.1, 0.15) is 12.2 Å². The molecule has 0 fully saturated rings. The summed E-state index contributed by atoms with van der Waals surface area (Å²) in [6.45, 7) is 2.78. The van der Waals surface area contributed by atoms with Crippen LogP contribution in [0.3, 0.4) is 0 Å². The molecule has 7 rings (SSSR count). The van der Waals surface area contributed by atoms with Crippen LogP contribution in [-0.2, 0) is 6.61 Å². The summed E-state index contributed by atoms with van der Waals surface area (Å²) < 4.78 is 20.5. The van der Waals surface area contributed by atoms with Crippen molar-refractivity contribution in [3.05, 3.63) is 135 Å². The fourth-order valence-electron chi connectivity index (χ4n) is 5.21. The molecule has 0 amide bonds. The van der Waals surface area contributed by atoms with Gasteiger partial charge in [0.2, 0.25) is 5.82 Å². The molecule has 44 heavy (non-hydrogen) atoms. The van der Waals surface area contributed by atoms with Crippen LogP contribution in [0.15, 0.2) is 128 Å². The maximum Gasteiger partial charge on any atom is 0.282 e. The Morgan fingerprint density at radius 1 is 0.841 bits per heavy atom. The van der Waals surface area contributed by atoms with Gasteiger partial charge in [0, 0.05) is 9.86 Å². The van der Waals surface area contributed by atoms with Crippen LogP contribution in [0.1, 0.15) is 18.1 Å². The van der Waals surface area contributed by atoms with Crippen molar-refractivity contribution in [2.75, 3.05) is 6.61 Å². The van der Waals surface area contributed by atoms with Crippen molar-refractivity contribution in [3.8, 4) is 23.1 Å². The van der Waals surface area contributed by atoms with Crippen molar-refractivity contribution in [1.29, 1.82) is 0 Å². The average Bonchev–Trinajstić information content (AvgIpc) is 3.47. The predicted molar refractivity (Wildman–Crippen MR) is 178 cm³/mol. The van der Waals surface area contributed by atoms with Crippen molar-refractivity contribution in [2.45, 2.75) is 13.5 Å². The first-order valence-corrected chi connectivity index (χ1v) is 15.0. The lowest BCUT2D eigenvalue weighted by Gasteiger charge is -2.14. The lowest BCUT2D eigenvalue weighted by molar-refractivity contribution is 0.270. The lowest BCUT2D eigenvalue weighted by Crippen LogP contribution is -2.20. The van der Waals surface area contributed by atoms with Gasteiger partial charge in [-0.05, 0) is 83.4 Å². The summed E-state index contributed by atoms with van der Waals surface area (Å²) in [7, 11) is 0. The van der Waals surface area contributed by atoms with E-state index in [-0.39, 0.29) is 5.56 Å². The van der Waals surface area contributed by atoms with Gasteiger partial charge in [-0.15, -0.1) is 0 Å². The van der Waals surface area contributed by atoms with Crippen molar-refractivity contribution in [1.82, 2.24) is 9.66 Å². The molecular formula is C36H26BrN3O4. The Labute approximate surface area is 261 Å². The predicted octanol–water partition coefficient (Wildman–Crippen LogP) is 8.59. The van der Waals surface area contributed by atoms with Crippen molar-refractivity contribution < 1.29 is 13.9 Å². The molecule has 0 spiro atoms. The number of hydrogen-bond acceptors (Lipinski definition) is 6. The monoisotopic (exact) mass is 643 g/mol. The van der Waals surface area contributed by atoms with E-state index in [9.17, 15) is 4.79 Å². The maximum atomic E-state index is 13.7. The minimum atomic E-state index is -0.302.